The molecule has 0 saturated heterocycles. The minimum absolute atomic E-state index is 0.0337. The predicted molar refractivity (Wildman–Crippen MR) is 126 cm³/mol. The van der Waals surface area contributed by atoms with Gasteiger partial charge in [-0.3, -0.25) is 9.59 Å². The molecule has 1 saturated carbocycles. The topological polar surface area (TPSA) is 49.4 Å². The third kappa shape index (κ3) is 4.30. The van der Waals surface area contributed by atoms with Crippen LogP contribution in [0.4, 0.5) is 0 Å². The molecule has 0 radical (unpaired) electrons. The van der Waals surface area contributed by atoms with Crippen molar-refractivity contribution in [1.29, 1.82) is 0 Å². The monoisotopic (exact) mass is 438 g/mol. The lowest BCUT2D eigenvalue weighted by Gasteiger charge is -2.43. The lowest BCUT2D eigenvalue weighted by molar-refractivity contribution is -0.125. The van der Waals surface area contributed by atoms with E-state index in [0.29, 0.717) is 29.9 Å². The van der Waals surface area contributed by atoms with Crippen LogP contribution in [0.2, 0.25) is 0 Å². The Balaban J connectivity index is 1.75. The van der Waals surface area contributed by atoms with Crippen LogP contribution in [0.1, 0.15) is 79.7 Å². The summed E-state index contributed by atoms with van der Waals surface area (Å²) in [5.74, 6) is 1.09. The smallest absolute Gasteiger partial charge is 0.254 e. The summed E-state index contributed by atoms with van der Waals surface area (Å²) in [5.41, 5.74) is 1.53. The molecule has 1 fully saturated rings. The van der Waals surface area contributed by atoms with Crippen molar-refractivity contribution < 1.29 is 9.59 Å². The molecule has 5 heteroatoms. The molecule has 4 nitrogen and oxygen atoms in total. The fourth-order valence-corrected chi connectivity index (χ4v) is 6.18. The minimum atomic E-state index is -0.393. The zero-order valence-electron chi connectivity index (χ0n) is 19.0. The maximum absolute atomic E-state index is 13.9. The van der Waals surface area contributed by atoms with Gasteiger partial charge in [-0.1, -0.05) is 64.8 Å². The Labute approximate surface area is 190 Å². The first-order valence-electron chi connectivity index (χ1n) is 11.6. The molecule has 0 bridgehead atoms. The molecule has 31 heavy (non-hydrogen) atoms. The second kappa shape index (κ2) is 9.15. The second-order valence-electron chi connectivity index (χ2n) is 9.76. The Morgan fingerprint density at radius 2 is 1.94 bits per heavy atom. The van der Waals surface area contributed by atoms with Gasteiger partial charge in [0.05, 0.1) is 12.0 Å². The number of hydrogen-bond donors (Lipinski definition) is 1. The van der Waals surface area contributed by atoms with Gasteiger partial charge in [0, 0.05) is 23.0 Å². The summed E-state index contributed by atoms with van der Waals surface area (Å²) in [6, 6.07) is 11.7. The molecule has 2 aliphatic rings. The van der Waals surface area contributed by atoms with E-state index in [0.717, 1.165) is 23.3 Å². The molecular weight excluding hydrogens is 404 g/mol. The number of amides is 2. The Morgan fingerprint density at radius 3 is 2.65 bits per heavy atom. The van der Waals surface area contributed by atoms with Crippen molar-refractivity contribution in [3.63, 3.8) is 0 Å². The molecule has 0 spiro atoms. The number of carbonyl (C=O) groups excluding carboxylic acids is 2. The van der Waals surface area contributed by atoms with E-state index in [2.05, 4.69) is 39.1 Å². The third-order valence-electron chi connectivity index (χ3n) is 7.15. The van der Waals surface area contributed by atoms with Gasteiger partial charge in [-0.2, -0.15) is 0 Å². The van der Waals surface area contributed by atoms with E-state index in [9.17, 15) is 9.59 Å². The largest absolute Gasteiger partial charge is 0.352 e. The van der Waals surface area contributed by atoms with Gasteiger partial charge in [-0.25, -0.2) is 0 Å². The molecule has 2 aromatic rings. The Morgan fingerprint density at radius 1 is 1.16 bits per heavy atom. The first-order valence-corrected chi connectivity index (χ1v) is 12.5. The number of carbonyl (C=O) groups is 2. The first-order chi connectivity index (χ1) is 14.9. The summed E-state index contributed by atoms with van der Waals surface area (Å²) in [4.78, 5) is 30.4. The summed E-state index contributed by atoms with van der Waals surface area (Å²) < 4.78 is 0. The number of fused-ring (bicyclic) bond motifs is 1. The van der Waals surface area contributed by atoms with Crippen molar-refractivity contribution in [1.82, 2.24) is 10.2 Å². The highest BCUT2D eigenvalue weighted by atomic mass is 32.1. The quantitative estimate of drug-likeness (QED) is 0.658. The molecule has 5 unspecified atom stereocenters. The van der Waals surface area contributed by atoms with Crippen LogP contribution in [0.5, 0.6) is 0 Å². The molecule has 4 rings (SSSR count). The lowest BCUT2D eigenvalue weighted by Crippen LogP contribution is -2.51. The van der Waals surface area contributed by atoms with Gasteiger partial charge >= 0.3 is 0 Å². The molecule has 1 aliphatic heterocycles. The van der Waals surface area contributed by atoms with E-state index in [1.165, 1.54) is 6.42 Å². The zero-order chi connectivity index (χ0) is 22.1. The number of rotatable bonds is 5. The molecule has 1 aliphatic carbocycles. The van der Waals surface area contributed by atoms with E-state index in [1.54, 1.807) is 11.3 Å². The van der Waals surface area contributed by atoms with Gasteiger partial charge in [0.25, 0.3) is 5.91 Å². The Bertz CT molecular complexity index is 923. The van der Waals surface area contributed by atoms with Crippen molar-refractivity contribution in [2.24, 2.45) is 17.8 Å². The highest BCUT2D eigenvalue weighted by Gasteiger charge is 2.45. The van der Waals surface area contributed by atoms with Crippen molar-refractivity contribution in [2.75, 3.05) is 6.54 Å². The zero-order valence-corrected chi connectivity index (χ0v) is 19.8. The number of thiophene rings is 1. The van der Waals surface area contributed by atoms with Gasteiger partial charge in [-0.15, -0.1) is 11.3 Å². The average Bonchev–Trinajstić information content (AvgIpc) is 3.27. The van der Waals surface area contributed by atoms with Crippen molar-refractivity contribution in [2.45, 2.75) is 65.0 Å². The molecule has 166 valence electrons. The SMILES string of the molecule is CC(C)CN1C(=O)c2ccccc2C(C(=O)NC2CCCC(C)C2C)C1c1cccs1. The van der Waals surface area contributed by atoms with Crippen LogP contribution < -0.4 is 5.32 Å². The Hall–Kier alpha value is -2.14. The maximum Gasteiger partial charge on any atom is 0.254 e. The maximum atomic E-state index is 13.9. The molecule has 1 aromatic heterocycles. The molecule has 1 aromatic carbocycles. The number of benzene rings is 1. The summed E-state index contributed by atoms with van der Waals surface area (Å²) in [6.07, 6.45) is 3.42. The van der Waals surface area contributed by atoms with E-state index in [1.807, 2.05) is 40.6 Å². The standard InChI is InChI=1S/C26H34N2O2S/c1-16(2)15-28-24(22-13-8-14-31-22)23(19-10-5-6-11-20(19)26(28)30)25(29)27-21-12-7-9-17(3)18(21)4/h5-6,8,10-11,13-14,16-18,21,23-24H,7,9,12,15H2,1-4H3,(H,27,29). The summed E-state index contributed by atoms with van der Waals surface area (Å²) in [5, 5.41) is 5.45. The third-order valence-corrected chi connectivity index (χ3v) is 8.10. The minimum Gasteiger partial charge on any atom is -0.352 e. The van der Waals surface area contributed by atoms with Crippen LogP contribution in [0.15, 0.2) is 41.8 Å². The number of nitrogens with zero attached hydrogens (tertiary/aromatic N) is 1. The summed E-state index contributed by atoms with van der Waals surface area (Å²) in [7, 11) is 0. The van der Waals surface area contributed by atoms with Crippen LogP contribution in [-0.4, -0.2) is 29.3 Å². The van der Waals surface area contributed by atoms with Crippen LogP contribution in [0.25, 0.3) is 0 Å². The van der Waals surface area contributed by atoms with Gasteiger partial charge in [-0.05, 0) is 47.3 Å². The van der Waals surface area contributed by atoms with Crippen LogP contribution >= 0.6 is 11.3 Å². The average molecular weight is 439 g/mol. The molecule has 2 heterocycles. The van der Waals surface area contributed by atoms with Crippen LogP contribution in [0, 0.1) is 17.8 Å². The lowest BCUT2D eigenvalue weighted by atomic mass is 9.77. The van der Waals surface area contributed by atoms with E-state index >= 15 is 0 Å². The molecule has 2 amide bonds. The number of hydrogen-bond acceptors (Lipinski definition) is 3. The molecule has 5 atom stereocenters. The van der Waals surface area contributed by atoms with E-state index < -0.39 is 5.92 Å². The molecular formula is C26H34N2O2S. The predicted octanol–water partition coefficient (Wildman–Crippen LogP) is 5.63. The van der Waals surface area contributed by atoms with Gasteiger partial charge < -0.3 is 10.2 Å². The van der Waals surface area contributed by atoms with Gasteiger partial charge in [0.15, 0.2) is 0 Å². The molecule has 1 N–H and O–H groups in total. The number of nitrogens with one attached hydrogen (secondary N) is 1. The normalized spacial score (nSPS) is 28.5. The van der Waals surface area contributed by atoms with E-state index in [-0.39, 0.29) is 23.9 Å². The fourth-order valence-electron chi connectivity index (χ4n) is 5.30. The summed E-state index contributed by atoms with van der Waals surface area (Å²) in [6.45, 7) is 9.43. The van der Waals surface area contributed by atoms with Crippen LogP contribution in [0.3, 0.4) is 0 Å². The summed E-state index contributed by atoms with van der Waals surface area (Å²) >= 11 is 1.63. The van der Waals surface area contributed by atoms with Crippen molar-refractivity contribution in [3.8, 4) is 0 Å². The van der Waals surface area contributed by atoms with E-state index in [4.69, 9.17) is 0 Å². The highest BCUT2D eigenvalue weighted by molar-refractivity contribution is 7.10. The van der Waals surface area contributed by atoms with Gasteiger partial charge in [0.1, 0.15) is 0 Å². The van der Waals surface area contributed by atoms with Crippen LogP contribution in [-0.2, 0) is 4.79 Å². The van der Waals surface area contributed by atoms with Crippen molar-refractivity contribution >= 4 is 23.2 Å². The fraction of sp³-hybridized carbons (Fsp3) is 0.538. The Kier molecular flexibility index (Phi) is 6.52. The highest BCUT2D eigenvalue weighted by Crippen LogP contribution is 2.45. The second-order valence-corrected chi connectivity index (χ2v) is 10.7. The first kappa shape index (κ1) is 22.1. The van der Waals surface area contributed by atoms with Crippen molar-refractivity contribution in [3.05, 3.63) is 57.8 Å². The van der Waals surface area contributed by atoms with Gasteiger partial charge in [0.2, 0.25) is 5.91 Å².